The third-order valence-corrected chi connectivity index (χ3v) is 6.94. The molecule has 0 bridgehead atoms. The number of likely N-dealkylation sites (N-methyl/N-ethyl adjacent to an activating group) is 1. The number of anilines is 2. The van der Waals surface area contributed by atoms with Crippen molar-refractivity contribution >= 4 is 23.5 Å². The molecule has 1 atom stereocenters. The number of fused-ring (bicyclic) bond motifs is 1. The van der Waals surface area contributed by atoms with Crippen molar-refractivity contribution in [2.24, 2.45) is 4.99 Å². The number of aromatic nitrogens is 2. The van der Waals surface area contributed by atoms with Crippen LogP contribution in [-0.2, 0) is 6.42 Å². The van der Waals surface area contributed by atoms with E-state index in [1.54, 1.807) is 6.07 Å². The Labute approximate surface area is 206 Å². The Balaban J connectivity index is 1.44. The predicted molar refractivity (Wildman–Crippen MR) is 139 cm³/mol. The summed E-state index contributed by atoms with van der Waals surface area (Å²) in [6.07, 6.45) is 5.73. The monoisotopic (exact) mass is 476 g/mol. The van der Waals surface area contributed by atoms with Gasteiger partial charge >= 0.3 is 6.01 Å². The lowest BCUT2D eigenvalue weighted by atomic mass is 10.1. The molecule has 1 saturated heterocycles. The van der Waals surface area contributed by atoms with Crippen LogP contribution < -0.4 is 15.0 Å². The van der Waals surface area contributed by atoms with Gasteiger partial charge in [-0.1, -0.05) is 31.6 Å². The van der Waals surface area contributed by atoms with E-state index >= 15 is 4.39 Å². The summed E-state index contributed by atoms with van der Waals surface area (Å²) in [5.74, 6) is 1.87. The Hall–Kier alpha value is -3.26. The van der Waals surface area contributed by atoms with Gasteiger partial charge in [-0.3, -0.25) is 9.89 Å². The molecule has 2 aromatic rings. The highest BCUT2D eigenvalue weighted by atomic mass is 19.1. The minimum atomic E-state index is -0.371. The largest absolute Gasteiger partial charge is 0.421 e. The molecule has 1 aromatic heterocycles. The number of nitrogens with zero attached hydrogens (tertiary/aromatic N) is 5. The molecule has 184 valence electrons. The van der Waals surface area contributed by atoms with Crippen molar-refractivity contribution in [3.8, 4) is 11.8 Å². The van der Waals surface area contributed by atoms with Crippen molar-refractivity contribution in [3.05, 3.63) is 52.4 Å². The summed E-state index contributed by atoms with van der Waals surface area (Å²) in [6, 6.07) is 6.11. The maximum absolute atomic E-state index is 15.2. The summed E-state index contributed by atoms with van der Waals surface area (Å²) in [7, 11) is 0. The van der Waals surface area contributed by atoms with Crippen molar-refractivity contribution < 1.29 is 9.13 Å². The molecule has 0 amide bonds. The molecule has 1 unspecified atom stereocenters. The smallest absolute Gasteiger partial charge is 0.326 e. The second-order valence-corrected chi connectivity index (χ2v) is 9.54. The maximum Gasteiger partial charge on any atom is 0.326 e. The lowest BCUT2D eigenvalue weighted by Crippen LogP contribution is -2.37. The van der Waals surface area contributed by atoms with Crippen LogP contribution in [0.5, 0.6) is 11.8 Å². The summed E-state index contributed by atoms with van der Waals surface area (Å²) in [6.45, 7) is 13.0. The van der Waals surface area contributed by atoms with E-state index in [4.69, 9.17) is 9.72 Å². The van der Waals surface area contributed by atoms with Gasteiger partial charge in [0.2, 0.25) is 0 Å². The summed E-state index contributed by atoms with van der Waals surface area (Å²) in [4.78, 5) is 18.5. The number of ether oxygens (including phenoxy) is 1. The third-order valence-electron chi connectivity index (χ3n) is 6.94. The summed E-state index contributed by atoms with van der Waals surface area (Å²) in [5, 5.41) is 3.28. The standard InChI is InChI=1S/C27H33FN6O/c1-5-33(6-2)20-9-10-34(16-20)25-14-24(30-23-13-18(4)15-29-23)31-27(32-25)35-22-8-7-19-11-17(3)12-21(19)26(22)28/h7-8,12-14,20H,5-6,9-11,15-16H2,1-4H3,(H,29,30,31,32). The first-order chi connectivity index (χ1) is 16.9. The molecule has 0 spiro atoms. The van der Waals surface area contributed by atoms with Crippen LogP contribution in [0.4, 0.5) is 16.0 Å². The molecule has 0 radical (unpaired) electrons. The SMILES string of the molecule is CCN(CC)C1CCN(c2cc(NC3=NCC(C)=C3)nc(Oc3ccc4c(c3F)C=C(C)C4)n2)C1. The first-order valence-corrected chi connectivity index (χ1v) is 12.5. The fourth-order valence-electron chi connectivity index (χ4n) is 5.11. The second kappa shape index (κ2) is 9.77. The molecule has 2 aliphatic heterocycles. The van der Waals surface area contributed by atoms with Gasteiger partial charge in [0, 0.05) is 30.8 Å². The van der Waals surface area contributed by atoms with Gasteiger partial charge in [0.1, 0.15) is 17.5 Å². The van der Waals surface area contributed by atoms with Gasteiger partial charge in [-0.15, -0.1) is 0 Å². The van der Waals surface area contributed by atoms with Crippen LogP contribution in [0.25, 0.3) is 6.08 Å². The molecule has 3 heterocycles. The molecular weight excluding hydrogens is 443 g/mol. The zero-order valence-corrected chi connectivity index (χ0v) is 20.9. The fraction of sp³-hybridized carbons (Fsp3) is 0.444. The molecule has 1 aliphatic carbocycles. The number of allylic oxidation sites excluding steroid dienone is 1. The first kappa shape index (κ1) is 23.5. The van der Waals surface area contributed by atoms with Gasteiger partial charge in [0.15, 0.2) is 11.6 Å². The number of rotatable bonds is 7. The number of hydrogen-bond donors (Lipinski definition) is 1. The molecule has 1 aromatic carbocycles. The Kier molecular flexibility index (Phi) is 6.56. The normalized spacial score (nSPS) is 19.1. The molecular formula is C27H33FN6O. The van der Waals surface area contributed by atoms with Gasteiger partial charge in [0.25, 0.3) is 0 Å². The maximum atomic E-state index is 15.2. The molecule has 5 rings (SSSR count). The number of aliphatic imine (C=N–C) groups is 1. The number of halogens is 1. The molecule has 1 N–H and O–H groups in total. The van der Waals surface area contributed by atoms with E-state index in [-0.39, 0.29) is 17.6 Å². The minimum Gasteiger partial charge on any atom is -0.421 e. The van der Waals surface area contributed by atoms with Crippen LogP contribution in [0.1, 0.15) is 45.2 Å². The lowest BCUT2D eigenvalue weighted by Gasteiger charge is -2.26. The molecule has 3 aliphatic rings. The van der Waals surface area contributed by atoms with E-state index in [1.165, 1.54) is 5.57 Å². The Bertz CT molecular complexity index is 1220. The van der Waals surface area contributed by atoms with Crippen LogP contribution in [0.15, 0.2) is 40.4 Å². The van der Waals surface area contributed by atoms with E-state index in [2.05, 4.69) is 38.9 Å². The fourth-order valence-corrected chi connectivity index (χ4v) is 5.11. The van der Waals surface area contributed by atoms with Crippen molar-refractivity contribution in [3.63, 3.8) is 0 Å². The third kappa shape index (κ3) is 4.93. The topological polar surface area (TPSA) is 65.9 Å². The number of amidine groups is 1. The average Bonchev–Trinajstić information content (AvgIpc) is 3.57. The van der Waals surface area contributed by atoms with Gasteiger partial charge in [-0.2, -0.15) is 9.97 Å². The van der Waals surface area contributed by atoms with E-state index in [0.29, 0.717) is 24.0 Å². The highest BCUT2D eigenvalue weighted by molar-refractivity contribution is 6.05. The molecule has 35 heavy (non-hydrogen) atoms. The number of nitrogens with one attached hydrogen (secondary N) is 1. The summed E-state index contributed by atoms with van der Waals surface area (Å²) < 4.78 is 21.2. The van der Waals surface area contributed by atoms with Crippen LogP contribution in [0.3, 0.4) is 0 Å². The second-order valence-electron chi connectivity index (χ2n) is 9.54. The van der Waals surface area contributed by atoms with Gasteiger partial charge < -0.3 is 15.0 Å². The Morgan fingerprint density at radius 1 is 1.14 bits per heavy atom. The van der Waals surface area contributed by atoms with Crippen molar-refractivity contribution in [1.29, 1.82) is 0 Å². The van der Waals surface area contributed by atoms with Crippen molar-refractivity contribution in [1.82, 2.24) is 14.9 Å². The van der Waals surface area contributed by atoms with Gasteiger partial charge in [0.05, 0.1) is 6.54 Å². The highest BCUT2D eigenvalue weighted by Crippen LogP contribution is 2.34. The number of benzene rings is 1. The van der Waals surface area contributed by atoms with E-state index in [1.807, 2.05) is 38.1 Å². The highest BCUT2D eigenvalue weighted by Gasteiger charge is 2.28. The van der Waals surface area contributed by atoms with E-state index < -0.39 is 0 Å². The Morgan fingerprint density at radius 2 is 1.97 bits per heavy atom. The predicted octanol–water partition coefficient (Wildman–Crippen LogP) is 5.06. The van der Waals surface area contributed by atoms with Crippen LogP contribution in [0, 0.1) is 5.82 Å². The zero-order valence-electron chi connectivity index (χ0n) is 20.9. The van der Waals surface area contributed by atoms with Gasteiger partial charge in [-0.05, 0) is 63.1 Å². The van der Waals surface area contributed by atoms with Crippen molar-refractivity contribution in [2.45, 2.75) is 46.6 Å². The summed E-state index contributed by atoms with van der Waals surface area (Å²) in [5.41, 5.74) is 3.89. The molecule has 8 heteroatoms. The molecule has 1 fully saturated rings. The quantitative estimate of drug-likeness (QED) is 0.603. The van der Waals surface area contributed by atoms with Crippen LogP contribution >= 0.6 is 0 Å². The summed E-state index contributed by atoms with van der Waals surface area (Å²) >= 11 is 0. The molecule has 0 saturated carbocycles. The van der Waals surface area contributed by atoms with Crippen LogP contribution in [0.2, 0.25) is 0 Å². The number of hydrogen-bond acceptors (Lipinski definition) is 7. The van der Waals surface area contributed by atoms with Crippen LogP contribution in [-0.4, -0.2) is 59.5 Å². The first-order valence-electron chi connectivity index (χ1n) is 12.5. The zero-order chi connectivity index (χ0) is 24.5. The lowest BCUT2D eigenvalue weighted by molar-refractivity contribution is 0.232. The van der Waals surface area contributed by atoms with E-state index in [0.717, 1.165) is 61.8 Å². The van der Waals surface area contributed by atoms with Crippen molar-refractivity contribution in [2.75, 3.05) is 42.9 Å². The average molecular weight is 477 g/mol. The molecule has 7 nitrogen and oxygen atoms in total. The van der Waals surface area contributed by atoms with Gasteiger partial charge in [-0.25, -0.2) is 4.39 Å². The minimum absolute atomic E-state index is 0.119. The Morgan fingerprint density at radius 3 is 2.71 bits per heavy atom. The van der Waals surface area contributed by atoms with E-state index in [9.17, 15) is 0 Å².